The molecule has 3 aromatic heterocycles. The first kappa shape index (κ1) is 23.7. The Morgan fingerprint density at radius 3 is 2.69 bits per heavy atom. The zero-order valence-electron chi connectivity index (χ0n) is 18.1. The molecule has 3 heterocycles. The highest BCUT2D eigenvalue weighted by molar-refractivity contribution is 7.98. The van der Waals surface area contributed by atoms with Crippen molar-refractivity contribution in [2.45, 2.75) is 10.9 Å². The minimum Gasteiger partial charge on any atom is -0.495 e. The van der Waals surface area contributed by atoms with Gasteiger partial charge in [0.25, 0.3) is 5.56 Å². The number of thiazole rings is 1. The molecule has 0 saturated carbocycles. The molecule has 5 rings (SSSR count). The number of rotatable bonds is 6. The maximum atomic E-state index is 13.8. The second-order valence-electron chi connectivity index (χ2n) is 7.33. The van der Waals surface area contributed by atoms with Crippen LogP contribution < -0.4 is 10.3 Å². The highest BCUT2D eigenvalue weighted by Crippen LogP contribution is 2.33. The number of ether oxygens (including phenoxy) is 1. The first-order chi connectivity index (χ1) is 17.0. The van der Waals surface area contributed by atoms with Crippen molar-refractivity contribution in [2.24, 2.45) is 0 Å². The van der Waals surface area contributed by atoms with Crippen LogP contribution >= 0.6 is 46.9 Å². The summed E-state index contributed by atoms with van der Waals surface area (Å²) in [6.45, 7) is 0. The van der Waals surface area contributed by atoms with E-state index in [9.17, 15) is 9.18 Å². The third kappa shape index (κ3) is 4.62. The molecule has 0 saturated heterocycles. The second kappa shape index (κ2) is 9.90. The van der Waals surface area contributed by atoms with Crippen molar-refractivity contribution >= 4 is 57.3 Å². The van der Waals surface area contributed by atoms with Gasteiger partial charge in [-0.2, -0.15) is 0 Å². The van der Waals surface area contributed by atoms with Crippen LogP contribution in [-0.2, 0) is 5.75 Å². The topological polar surface area (TPSA) is 61.9 Å². The Kier molecular flexibility index (Phi) is 6.70. The summed E-state index contributed by atoms with van der Waals surface area (Å²) in [5, 5.41) is 0.924. The molecule has 11 heteroatoms. The van der Waals surface area contributed by atoms with Crippen molar-refractivity contribution in [3.05, 3.63) is 97.7 Å². The first-order valence-corrected chi connectivity index (χ1v) is 12.9. The number of pyridine rings is 1. The molecule has 0 amide bonds. The Labute approximate surface area is 217 Å². The van der Waals surface area contributed by atoms with Gasteiger partial charge in [0.15, 0.2) is 14.8 Å². The van der Waals surface area contributed by atoms with Crippen LogP contribution in [0, 0.1) is 9.77 Å². The van der Waals surface area contributed by atoms with Gasteiger partial charge < -0.3 is 4.74 Å². The number of benzene rings is 2. The number of nitrogens with zero attached hydrogens (tertiary/aromatic N) is 4. The molecular weight excluding hydrogens is 527 g/mol. The van der Waals surface area contributed by atoms with E-state index in [1.807, 2.05) is 12.1 Å². The smallest absolute Gasteiger partial charge is 0.278 e. The first-order valence-electron chi connectivity index (χ1n) is 10.3. The SMILES string of the molecule is COc1ccc(Cl)cc1-n1c(=S)sc2c(=O)n(-c3ccc(F)cc3)c(SCc3cccnc3)nc21. The molecule has 0 aliphatic carbocycles. The molecule has 5 aromatic rings. The van der Waals surface area contributed by atoms with Crippen LogP contribution in [0.5, 0.6) is 5.75 Å². The fraction of sp³-hybridized carbons (Fsp3) is 0.0833. The Bertz CT molecular complexity index is 1650. The predicted molar refractivity (Wildman–Crippen MR) is 141 cm³/mol. The third-order valence-corrected chi connectivity index (χ3v) is 7.73. The summed E-state index contributed by atoms with van der Waals surface area (Å²) in [5.74, 6) is 0.674. The minimum absolute atomic E-state index is 0.300. The number of hydrogen-bond acceptors (Lipinski definition) is 7. The fourth-order valence-electron chi connectivity index (χ4n) is 3.53. The molecule has 0 bridgehead atoms. The lowest BCUT2D eigenvalue weighted by molar-refractivity contribution is 0.413. The van der Waals surface area contributed by atoms with Crippen LogP contribution in [0.2, 0.25) is 5.02 Å². The molecule has 6 nitrogen and oxygen atoms in total. The Morgan fingerprint density at radius 2 is 1.97 bits per heavy atom. The van der Waals surface area contributed by atoms with Crippen LogP contribution in [0.15, 0.2) is 76.9 Å². The lowest BCUT2D eigenvalue weighted by atomic mass is 10.3. The van der Waals surface area contributed by atoms with E-state index in [0.717, 1.165) is 16.9 Å². The van der Waals surface area contributed by atoms with Crippen LogP contribution in [0.4, 0.5) is 4.39 Å². The quantitative estimate of drug-likeness (QED) is 0.139. The number of hydrogen-bond donors (Lipinski definition) is 0. The fourth-order valence-corrected chi connectivity index (χ4v) is 5.93. The molecule has 0 atom stereocenters. The Morgan fingerprint density at radius 1 is 1.17 bits per heavy atom. The maximum absolute atomic E-state index is 13.8. The number of thioether (sulfide) groups is 1. The van der Waals surface area contributed by atoms with Crippen molar-refractivity contribution in [3.63, 3.8) is 0 Å². The number of halogens is 2. The van der Waals surface area contributed by atoms with Crippen LogP contribution in [0.3, 0.4) is 0 Å². The summed E-state index contributed by atoms with van der Waals surface area (Å²) in [4.78, 5) is 22.8. The van der Waals surface area contributed by atoms with E-state index in [2.05, 4.69) is 4.98 Å². The summed E-state index contributed by atoms with van der Waals surface area (Å²) in [5.41, 5.74) is 2.16. The van der Waals surface area contributed by atoms with Gasteiger partial charge in [-0.25, -0.2) is 9.37 Å². The van der Waals surface area contributed by atoms with E-state index < -0.39 is 5.82 Å². The molecule has 2 aromatic carbocycles. The zero-order chi connectivity index (χ0) is 24.5. The van der Waals surface area contributed by atoms with Crippen molar-refractivity contribution in [2.75, 3.05) is 7.11 Å². The number of methoxy groups -OCH3 is 1. The monoisotopic (exact) mass is 542 g/mol. The highest BCUT2D eigenvalue weighted by atomic mass is 35.5. The van der Waals surface area contributed by atoms with Gasteiger partial charge in [0.1, 0.15) is 16.3 Å². The number of fused-ring (bicyclic) bond motifs is 1. The van der Waals surface area contributed by atoms with Gasteiger partial charge in [0, 0.05) is 23.2 Å². The Hall–Kier alpha value is -3.05. The molecular formula is C24H16ClFN4O2S3. The molecule has 0 fully saturated rings. The van der Waals surface area contributed by atoms with Gasteiger partial charge in [0.05, 0.1) is 18.5 Å². The van der Waals surface area contributed by atoms with E-state index in [1.165, 1.54) is 28.5 Å². The minimum atomic E-state index is -0.393. The molecule has 35 heavy (non-hydrogen) atoms. The average molecular weight is 543 g/mol. The van der Waals surface area contributed by atoms with Gasteiger partial charge >= 0.3 is 0 Å². The molecule has 0 aliphatic heterocycles. The molecule has 0 unspecified atom stereocenters. The van der Waals surface area contributed by atoms with Crippen molar-refractivity contribution in [1.82, 2.24) is 19.1 Å². The van der Waals surface area contributed by atoms with Gasteiger partial charge in [-0.3, -0.25) is 18.9 Å². The van der Waals surface area contributed by atoms with E-state index in [-0.39, 0.29) is 5.56 Å². The molecule has 0 spiro atoms. The second-order valence-corrected chi connectivity index (χ2v) is 10.4. The van der Waals surface area contributed by atoms with Gasteiger partial charge in [-0.05, 0) is 66.3 Å². The summed E-state index contributed by atoms with van der Waals surface area (Å²) in [7, 11) is 1.55. The average Bonchev–Trinajstić information content (AvgIpc) is 3.20. The third-order valence-electron chi connectivity index (χ3n) is 5.13. The lowest BCUT2D eigenvalue weighted by Gasteiger charge is -2.14. The lowest BCUT2D eigenvalue weighted by Crippen LogP contribution is -2.21. The van der Waals surface area contributed by atoms with Gasteiger partial charge in [0.2, 0.25) is 0 Å². The highest BCUT2D eigenvalue weighted by Gasteiger charge is 2.21. The molecule has 176 valence electrons. The molecule has 0 aliphatic rings. The number of aromatic nitrogens is 4. The van der Waals surface area contributed by atoms with Gasteiger partial charge in [-0.1, -0.05) is 40.8 Å². The summed E-state index contributed by atoms with van der Waals surface area (Å²) < 4.78 is 23.1. The maximum Gasteiger partial charge on any atom is 0.278 e. The standard InChI is InChI=1S/C24H16ClFN4O2S3/c1-32-19-9-4-15(25)11-18(19)30-21-20(35-24(30)33)22(31)29(17-7-5-16(26)6-8-17)23(28-21)34-13-14-3-2-10-27-12-14/h2-12H,13H2,1H3. The largest absolute Gasteiger partial charge is 0.495 e. The molecule has 0 N–H and O–H groups in total. The normalized spacial score (nSPS) is 11.2. The van der Waals surface area contributed by atoms with E-state index in [4.69, 9.17) is 33.5 Å². The van der Waals surface area contributed by atoms with Crippen molar-refractivity contribution < 1.29 is 9.13 Å². The summed E-state index contributed by atoms with van der Waals surface area (Å²) in [6.07, 6.45) is 3.46. The molecule has 0 radical (unpaired) electrons. The predicted octanol–water partition coefficient (Wildman–Crippen LogP) is 6.46. The summed E-state index contributed by atoms with van der Waals surface area (Å²) in [6, 6.07) is 14.7. The van der Waals surface area contributed by atoms with Crippen LogP contribution in [0.25, 0.3) is 21.7 Å². The summed E-state index contributed by atoms with van der Waals surface area (Å²) >= 11 is 14.4. The zero-order valence-corrected chi connectivity index (χ0v) is 21.3. The van der Waals surface area contributed by atoms with E-state index in [0.29, 0.717) is 47.4 Å². The van der Waals surface area contributed by atoms with Crippen LogP contribution in [0.1, 0.15) is 5.56 Å². The van der Waals surface area contributed by atoms with Crippen LogP contribution in [-0.4, -0.2) is 26.2 Å². The van der Waals surface area contributed by atoms with Crippen molar-refractivity contribution in [1.29, 1.82) is 0 Å². The van der Waals surface area contributed by atoms with Gasteiger partial charge in [-0.15, -0.1) is 0 Å². The van der Waals surface area contributed by atoms with E-state index in [1.54, 1.807) is 54.4 Å². The van der Waals surface area contributed by atoms with Crippen molar-refractivity contribution in [3.8, 4) is 17.1 Å². The Balaban J connectivity index is 1.76. The van der Waals surface area contributed by atoms with E-state index >= 15 is 0 Å².